The summed E-state index contributed by atoms with van der Waals surface area (Å²) in [6, 6.07) is 28.2. The molecule has 23 nitrogen and oxygen atoms in total. The van der Waals surface area contributed by atoms with Crippen molar-refractivity contribution in [3.05, 3.63) is 135 Å². The topological polar surface area (TPSA) is 321 Å². The van der Waals surface area contributed by atoms with Gasteiger partial charge in [-0.2, -0.15) is 5.26 Å². The first kappa shape index (κ1) is 90.4. The zero-order valence-electron chi connectivity index (χ0n) is 54.1. The predicted molar refractivity (Wildman–Crippen MR) is 326 cm³/mol. The molecule has 1 unspecified atom stereocenters. The molecule has 0 heterocycles. The summed E-state index contributed by atoms with van der Waals surface area (Å²) in [6.07, 6.45) is -0.531. The molecule has 2 N–H and O–H groups in total. The molecule has 0 saturated heterocycles. The van der Waals surface area contributed by atoms with E-state index in [1.807, 2.05) is 64.0 Å². The van der Waals surface area contributed by atoms with Crippen LogP contribution in [0, 0.1) is 31.0 Å². The Hall–Kier alpha value is -8.79. The lowest BCUT2D eigenvalue weighted by Crippen LogP contribution is -2.19. The van der Waals surface area contributed by atoms with Crippen LogP contribution in [-0.2, 0) is 106 Å². The molecule has 4 aromatic carbocycles. The molecule has 0 aliphatic heterocycles. The number of carbonyl (C=O) groups is 10. The van der Waals surface area contributed by atoms with E-state index in [1.165, 1.54) is 86.6 Å². The fourth-order valence-electron chi connectivity index (χ4n) is 4.64. The van der Waals surface area contributed by atoms with Gasteiger partial charge in [-0.05, 0) is 96.6 Å². The molecule has 0 aliphatic rings. The molecule has 0 saturated carbocycles. The van der Waals surface area contributed by atoms with Crippen molar-refractivity contribution >= 4 is 71.3 Å². The van der Waals surface area contributed by atoms with Gasteiger partial charge in [0.05, 0.1) is 42.6 Å². The fraction of sp³-hybridized carbons (Fsp3) is 0.444. The third kappa shape index (κ3) is 73.3. The zero-order chi connectivity index (χ0) is 69.3. The van der Waals surface area contributed by atoms with Gasteiger partial charge in [0.2, 0.25) is 0 Å². The number of likely N-dealkylation sites (N-methyl/N-ethyl adjacent to an activating group) is 1. The van der Waals surface area contributed by atoms with Gasteiger partial charge >= 0.3 is 53.7 Å². The van der Waals surface area contributed by atoms with Crippen LogP contribution >= 0.6 is 11.6 Å². The summed E-state index contributed by atoms with van der Waals surface area (Å²) in [5.74, 6) is -3.36. The summed E-state index contributed by atoms with van der Waals surface area (Å²) >= 11 is 5.69. The minimum Gasteiger partial charge on any atom is -0.481 e. The van der Waals surface area contributed by atoms with Crippen molar-refractivity contribution in [3.8, 4) is 11.8 Å². The number of nitrogens with zero attached hydrogens (tertiary/aromatic N) is 2. The van der Waals surface area contributed by atoms with Crippen molar-refractivity contribution < 1.29 is 105 Å². The largest absolute Gasteiger partial charge is 0.481 e. The van der Waals surface area contributed by atoms with Crippen LogP contribution in [0.5, 0.6) is 5.75 Å². The number of hydrogen-bond donors (Lipinski definition) is 2. The van der Waals surface area contributed by atoms with Crippen LogP contribution in [0.1, 0.15) is 130 Å². The number of carboxylic acids is 1. The second-order valence-corrected chi connectivity index (χ2v) is 18.1. The highest BCUT2D eigenvalue weighted by atomic mass is 35.5. The first-order chi connectivity index (χ1) is 40.9. The lowest BCUT2D eigenvalue weighted by molar-refractivity contribution is -0.145. The van der Waals surface area contributed by atoms with Crippen molar-refractivity contribution in [3.63, 3.8) is 0 Å². The number of carbonyl (C=O) groups excluding carboxylic acids is 9. The molecular formula is C63H90ClFN2O21. The Morgan fingerprint density at radius 1 is 0.580 bits per heavy atom. The van der Waals surface area contributed by atoms with Crippen molar-refractivity contribution in [1.82, 2.24) is 4.90 Å². The smallest absolute Gasteiger partial charge is 0.308 e. The number of aliphatic hydroxyl groups excluding tert-OH is 1. The van der Waals surface area contributed by atoms with E-state index in [2.05, 4.69) is 35.3 Å². The highest BCUT2D eigenvalue weighted by molar-refractivity contribution is 6.32. The number of para-hydroxylation sites is 1. The van der Waals surface area contributed by atoms with Gasteiger partial charge in [0.1, 0.15) is 44.6 Å². The summed E-state index contributed by atoms with van der Waals surface area (Å²) < 4.78 is 54.1. The molecule has 0 radical (unpaired) electrons. The molecule has 0 spiro atoms. The second kappa shape index (κ2) is 58.6. The van der Waals surface area contributed by atoms with Crippen LogP contribution in [0.4, 0.5) is 4.39 Å². The highest BCUT2D eigenvalue weighted by Crippen LogP contribution is 2.23. The van der Waals surface area contributed by atoms with Gasteiger partial charge in [-0.3, -0.25) is 47.9 Å². The first-order valence-corrected chi connectivity index (χ1v) is 27.0. The van der Waals surface area contributed by atoms with E-state index in [0.29, 0.717) is 41.7 Å². The first-order valence-electron chi connectivity index (χ1n) is 26.6. The molecule has 0 aromatic heterocycles. The normalized spacial score (nSPS) is 9.31. The van der Waals surface area contributed by atoms with Crippen LogP contribution in [0.2, 0.25) is 5.02 Å². The molecule has 0 aliphatic carbocycles. The number of ether oxygens (including phenoxy) is 9. The third-order valence-corrected chi connectivity index (χ3v) is 8.78. The number of esters is 9. The van der Waals surface area contributed by atoms with E-state index in [9.17, 15) is 47.5 Å². The van der Waals surface area contributed by atoms with Crippen molar-refractivity contribution in [2.45, 2.75) is 143 Å². The number of carboxylic acid groups (broad SMARTS) is 1. The molecule has 88 heavy (non-hydrogen) atoms. The van der Waals surface area contributed by atoms with Gasteiger partial charge in [0.25, 0.3) is 5.97 Å². The number of rotatable bonds is 14. The SMILES string of the molecule is CC(=O)O.CC(=O)OC(C)C.CC(=O)OCC(C)O.CC(=O)OCCN(C)C.CC(=O)OCc1ccc(C)c(C)c1.CC(=O)OCc1ccccc1C#N.CC(=O)OCc1ccccc1F.CC(=O)Oc1ccccc1Cl.CCOC(C)=O.COC(C)=O. The van der Waals surface area contributed by atoms with Gasteiger partial charge in [-0.15, -0.1) is 0 Å². The molecule has 1 atom stereocenters. The van der Waals surface area contributed by atoms with E-state index >= 15 is 0 Å². The maximum absolute atomic E-state index is 12.8. The zero-order valence-corrected chi connectivity index (χ0v) is 54.8. The Balaban J connectivity index is -0.000000216. The quantitative estimate of drug-likeness (QED) is 0.0673. The van der Waals surface area contributed by atoms with E-state index in [1.54, 1.807) is 80.6 Å². The molecule has 0 bridgehead atoms. The minimum absolute atomic E-state index is 0.00199. The molecule has 492 valence electrons. The number of methoxy groups -OCH3 is 1. The summed E-state index contributed by atoms with van der Waals surface area (Å²) in [5, 5.41) is 25.1. The van der Waals surface area contributed by atoms with Crippen LogP contribution in [0.25, 0.3) is 0 Å². The van der Waals surface area contributed by atoms with Gasteiger partial charge in [-0.1, -0.05) is 78.3 Å². The lowest BCUT2D eigenvalue weighted by atomic mass is 10.1. The summed E-state index contributed by atoms with van der Waals surface area (Å²) in [5.41, 5.74) is 5.20. The summed E-state index contributed by atoms with van der Waals surface area (Å²) in [6.45, 7) is 26.8. The van der Waals surface area contributed by atoms with Crippen LogP contribution in [-0.4, -0.2) is 135 Å². The molecule has 4 aromatic rings. The van der Waals surface area contributed by atoms with Crippen molar-refractivity contribution in [2.24, 2.45) is 0 Å². The standard InChI is InChI=1S/C11H14O2.C10H9NO2.C9H9FO2.C8H7ClO2.C6H13NO2.C5H10O3.C5H10O2.C4H8O2.C3H6O2.C2H4O2/c1-8-4-5-11(6-9(8)2)7-13-10(3)12;1-8(12)13-7-10-5-3-2-4-9(10)6-11;1-7(11)12-6-8-4-2-3-5-9(8)10;1-6(10)11-8-5-3-2-4-7(8)9;1-6(8)9-5-4-7(2)3;1-4(6)3-8-5(2)7;1-4(2)7-5(3)6;1-3-6-4(2)5;1-3(4)5-2;1-2(3)4/h4-6H,7H2,1-3H3;2-5H,7H2,1H3;2-5H,6H2,1H3;2-5H,1H3;4-5H2,1-3H3;4,6H,3H2,1-2H3;4H,1-3H3;3H2,1-2H3;1-2H3;1H3,(H,3,4). The summed E-state index contributed by atoms with van der Waals surface area (Å²) in [4.78, 5) is 103. The third-order valence-electron chi connectivity index (χ3n) is 8.47. The minimum atomic E-state index is -0.833. The van der Waals surface area contributed by atoms with Crippen LogP contribution in [0.15, 0.2) is 91.0 Å². The van der Waals surface area contributed by atoms with Gasteiger partial charge in [0, 0.05) is 86.9 Å². The molecule has 25 heteroatoms. The number of nitriles is 1. The fourth-order valence-corrected chi connectivity index (χ4v) is 4.81. The number of aliphatic carboxylic acids is 1. The summed E-state index contributed by atoms with van der Waals surface area (Å²) in [7, 11) is 5.22. The molecule has 0 amide bonds. The van der Waals surface area contributed by atoms with E-state index in [0.717, 1.165) is 24.6 Å². The van der Waals surface area contributed by atoms with Gasteiger partial charge < -0.3 is 57.7 Å². The maximum Gasteiger partial charge on any atom is 0.308 e. The van der Waals surface area contributed by atoms with Crippen LogP contribution < -0.4 is 4.74 Å². The number of aliphatic hydroxyl groups is 1. The van der Waals surface area contributed by atoms with Gasteiger partial charge in [0.15, 0.2) is 0 Å². The number of halogens is 2. The average molecular weight is 1270 g/mol. The lowest BCUT2D eigenvalue weighted by Gasteiger charge is -2.07. The number of hydrogen-bond acceptors (Lipinski definition) is 22. The van der Waals surface area contributed by atoms with Gasteiger partial charge in [-0.25, -0.2) is 4.39 Å². The van der Waals surface area contributed by atoms with Crippen LogP contribution in [0.3, 0.4) is 0 Å². The predicted octanol–water partition coefficient (Wildman–Crippen LogP) is 9.98. The van der Waals surface area contributed by atoms with E-state index in [-0.39, 0.29) is 79.5 Å². The number of aryl methyl sites for hydroxylation is 2. The van der Waals surface area contributed by atoms with Crippen molar-refractivity contribution in [2.75, 3.05) is 47.6 Å². The molecule has 0 fully saturated rings. The Bertz CT molecular complexity index is 2690. The van der Waals surface area contributed by atoms with E-state index < -0.39 is 18.0 Å². The molecule has 4 rings (SSSR count). The maximum atomic E-state index is 12.8. The average Bonchev–Trinajstić information content (AvgIpc) is 3.58. The Kier molecular flexibility index (Phi) is 60.2. The van der Waals surface area contributed by atoms with E-state index in [4.69, 9.17) is 46.1 Å². The molecular weight excluding hydrogens is 1180 g/mol. The Labute approximate surface area is 522 Å². The number of benzene rings is 4. The Morgan fingerprint density at radius 3 is 1.35 bits per heavy atom. The van der Waals surface area contributed by atoms with Crippen molar-refractivity contribution in [1.29, 1.82) is 5.26 Å². The monoisotopic (exact) mass is 1260 g/mol. The highest BCUT2D eigenvalue weighted by Gasteiger charge is 2.04. The Morgan fingerprint density at radius 2 is 1.01 bits per heavy atom. The second-order valence-electron chi connectivity index (χ2n) is 17.7.